The van der Waals surface area contributed by atoms with Gasteiger partial charge in [-0.05, 0) is 55.4 Å². The van der Waals surface area contributed by atoms with E-state index in [9.17, 15) is 9.59 Å². The molecule has 3 amide bonds. The quantitative estimate of drug-likeness (QED) is 0.663. The van der Waals surface area contributed by atoms with Crippen molar-refractivity contribution in [1.82, 2.24) is 15.5 Å². The molecule has 1 fully saturated rings. The lowest BCUT2D eigenvalue weighted by atomic mass is 9.87. The van der Waals surface area contributed by atoms with Crippen LogP contribution in [0.15, 0.2) is 36.4 Å². The number of urea groups is 1. The summed E-state index contributed by atoms with van der Waals surface area (Å²) in [6.07, 6.45) is 0. The molecule has 6 heteroatoms. The maximum atomic E-state index is 12.7. The molecule has 1 saturated heterocycles. The number of benzene rings is 2. The molecule has 2 aliphatic rings. The fourth-order valence-electron chi connectivity index (χ4n) is 3.55. The van der Waals surface area contributed by atoms with Crippen LogP contribution in [0.25, 0.3) is 11.1 Å². The van der Waals surface area contributed by atoms with Crippen LogP contribution < -0.4 is 15.4 Å². The third kappa shape index (κ3) is 2.21. The van der Waals surface area contributed by atoms with Crippen molar-refractivity contribution in [3.05, 3.63) is 53.1 Å². The van der Waals surface area contributed by atoms with Crippen molar-refractivity contribution in [3.63, 3.8) is 0 Å². The maximum absolute atomic E-state index is 12.7. The Balaban J connectivity index is 1.90. The molecule has 0 bridgehead atoms. The van der Waals surface area contributed by atoms with Gasteiger partial charge >= 0.3 is 6.03 Å². The number of fused-ring (bicyclic) bond motifs is 5. The minimum atomic E-state index is -1.16. The second kappa shape index (κ2) is 5.32. The normalized spacial score (nSPS) is 20.5. The van der Waals surface area contributed by atoms with E-state index in [-0.39, 0.29) is 5.91 Å². The van der Waals surface area contributed by atoms with Gasteiger partial charge in [-0.3, -0.25) is 15.0 Å². The minimum absolute atomic E-state index is 0.343. The highest BCUT2D eigenvalue weighted by Crippen LogP contribution is 2.50. The number of nitrogens with zero attached hydrogens (tertiary/aromatic N) is 1. The Morgan fingerprint density at radius 2 is 1.84 bits per heavy atom. The van der Waals surface area contributed by atoms with Crippen LogP contribution in [0.4, 0.5) is 4.79 Å². The van der Waals surface area contributed by atoms with Crippen LogP contribution >= 0.6 is 0 Å². The summed E-state index contributed by atoms with van der Waals surface area (Å²) in [5.41, 5.74) is 3.29. The summed E-state index contributed by atoms with van der Waals surface area (Å²) in [6.45, 7) is 2.43. The van der Waals surface area contributed by atoms with Crippen LogP contribution in [0.1, 0.15) is 16.7 Å². The molecule has 1 aliphatic heterocycles. The number of ether oxygens (including phenoxy) is 1. The van der Waals surface area contributed by atoms with E-state index in [1.807, 2.05) is 62.3 Å². The molecule has 1 atom stereocenters. The molecule has 128 valence electrons. The number of imide groups is 1. The van der Waals surface area contributed by atoms with Gasteiger partial charge in [0.15, 0.2) is 5.54 Å². The number of hydrogen-bond acceptors (Lipinski definition) is 4. The molecular weight excluding hydrogens is 318 g/mol. The SMILES string of the molecule is Cc1ccc2c(c1)C1(NC(=O)NC1=O)c1ccc(OCN(C)C)cc1-2. The van der Waals surface area contributed by atoms with E-state index in [1.165, 1.54) is 0 Å². The Bertz CT molecular complexity index is 907. The zero-order valence-corrected chi connectivity index (χ0v) is 14.3. The molecular formula is C19H19N3O3. The van der Waals surface area contributed by atoms with E-state index in [2.05, 4.69) is 10.6 Å². The number of carbonyl (C=O) groups excluding carboxylic acids is 2. The van der Waals surface area contributed by atoms with Gasteiger partial charge in [0.2, 0.25) is 0 Å². The lowest BCUT2D eigenvalue weighted by Gasteiger charge is -2.23. The fourth-order valence-corrected chi connectivity index (χ4v) is 3.55. The smallest absolute Gasteiger partial charge is 0.322 e. The third-order valence-corrected chi connectivity index (χ3v) is 4.62. The first-order chi connectivity index (χ1) is 11.9. The number of carbonyl (C=O) groups is 2. The second-order valence-corrected chi connectivity index (χ2v) is 6.77. The topological polar surface area (TPSA) is 70.7 Å². The highest BCUT2D eigenvalue weighted by Gasteiger charge is 2.54. The van der Waals surface area contributed by atoms with Crippen LogP contribution in [-0.4, -0.2) is 37.7 Å². The van der Waals surface area contributed by atoms with Crippen molar-refractivity contribution in [2.75, 3.05) is 20.8 Å². The van der Waals surface area contributed by atoms with E-state index >= 15 is 0 Å². The zero-order valence-electron chi connectivity index (χ0n) is 14.3. The minimum Gasteiger partial charge on any atom is -0.478 e. The van der Waals surface area contributed by atoms with Crippen LogP contribution in [0, 0.1) is 6.92 Å². The maximum Gasteiger partial charge on any atom is 0.322 e. The summed E-state index contributed by atoms with van der Waals surface area (Å²) in [7, 11) is 3.86. The van der Waals surface area contributed by atoms with Crippen LogP contribution in [0.2, 0.25) is 0 Å². The van der Waals surface area contributed by atoms with Gasteiger partial charge in [-0.15, -0.1) is 0 Å². The van der Waals surface area contributed by atoms with Crippen molar-refractivity contribution in [3.8, 4) is 16.9 Å². The van der Waals surface area contributed by atoms with Crippen LogP contribution in [0.3, 0.4) is 0 Å². The number of aryl methyl sites for hydroxylation is 1. The molecule has 0 radical (unpaired) electrons. The summed E-state index contributed by atoms with van der Waals surface area (Å²) in [6, 6.07) is 11.1. The molecule has 2 aromatic rings. The van der Waals surface area contributed by atoms with Gasteiger partial charge in [0.1, 0.15) is 12.5 Å². The first-order valence-corrected chi connectivity index (χ1v) is 8.09. The van der Waals surface area contributed by atoms with Gasteiger partial charge in [0, 0.05) is 0 Å². The number of nitrogens with one attached hydrogen (secondary N) is 2. The first-order valence-electron chi connectivity index (χ1n) is 8.09. The second-order valence-electron chi connectivity index (χ2n) is 6.77. The van der Waals surface area contributed by atoms with Gasteiger partial charge in [0.05, 0.1) is 0 Å². The fraction of sp³-hybridized carbons (Fsp3) is 0.263. The molecule has 25 heavy (non-hydrogen) atoms. The van der Waals surface area contributed by atoms with E-state index in [1.54, 1.807) is 0 Å². The average Bonchev–Trinajstić information content (AvgIpc) is 3.01. The van der Waals surface area contributed by atoms with Gasteiger partial charge in [0.25, 0.3) is 5.91 Å². The number of amides is 3. The Labute approximate surface area is 145 Å². The van der Waals surface area contributed by atoms with Gasteiger partial charge in [-0.1, -0.05) is 29.8 Å². The molecule has 0 aromatic heterocycles. The van der Waals surface area contributed by atoms with E-state index in [0.717, 1.165) is 33.6 Å². The Hall–Kier alpha value is -2.86. The van der Waals surface area contributed by atoms with Crippen molar-refractivity contribution < 1.29 is 14.3 Å². The highest BCUT2D eigenvalue weighted by molar-refractivity contribution is 6.13. The number of hydrogen-bond donors (Lipinski definition) is 2. The van der Waals surface area contributed by atoms with E-state index in [4.69, 9.17) is 4.74 Å². The van der Waals surface area contributed by atoms with E-state index in [0.29, 0.717) is 6.73 Å². The van der Waals surface area contributed by atoms with Crippen LogP contribution in [-0.2, 0) is 10.3 Å². The molecule has 2 aromatic carbocycles. The molecule has 0 saturated carbocycles. The summed E-state index contributed by atoms with van der Waals surface area (Å²) >= 11 is 0. The number of rotatable bonds is 3. The van der Waals surface area contributed by atoms with Crippen LogP contribution in [0.5, 0.6) is 5.75 Å². The lowest BCUT2D eigenvalue weighted by Crippen LogP contribution is -2.43. The molecule has 1 aliphatic carbocycles. The summed E-state index contributed by atoms with van der Waals surface area (Å²) in [5.74, 6) is 0.380. The summed E-state index contributed by atoms with van der Waals surface area (Å²) < 4.78 is 5.77. The third-order valence-electron chi connectivity index (χ3n) is 4.62. The lowest BCUT2D eigenvalue weighted by molar-refractivity contribution is -0.122. The van der Waals surface area contributed by atoms with E-state index < -0.39 is 11.6 Å². The summed E-state index contributed by atoms with van der Waals surface area (Å²) in [4.78, 5) is 26.5. The predicted octanol–water partition coefficient (Wildman–Crippen LogP) is 1.96. The van der Waals surface area contributed by atoms with Gasteiger partial charge in [-0.25, -0.2) is 4.79 Å². The average molecular weight is 337 g/mol. The van der Waals surface area contributed by atoms with Crippen molar-refractivity contribution in [1.29, 1.82) is 0 Å². The standard InChI is InChI=1S/C19H19N3O3/c1-11-4-6-13-14-9-12(25-10-22(2)3)5-7-15(14)19(16(13)8-11)17(23)20-18(24)21-19/h4-9H,10H2,1-3H3,(H2,20,21,23,24). The summed E-state index contributed by atoms with van der Waals surface area (Å²) in [5, 5.41) is 5.22. The molecule has 4 rings (SSSR count). The molecule has 6 nitrogen and oxygen atoms in total. The Morgan fingerprint density at radius 3 is 2.52 bits per heavy atom. The predicted molar refractivity (Wildman–Crippen MR) is 93.3 cm³/mol. The molecule has 1 heterocycles. The zero-order chi connectivity index (χ0) is 17.8. The molecule has 1 spiro atoms. The highest BCUT2D eigenvalue weighted by atomic mass is 16.5. The molecule has 1 unspecified atom stereocenters. The van der Waals surface area contributed by atoms with Gasteiger partial charge in [-0.2, -0.15) is 0 Å². The van der Waals surface area contributed by atoms with Crippen molar-refractivity contribution >= 4 is 11.9 Å². The molecule has 2 N–H and O–H groups in total. The monoisotopic (exact) mass is 337 g/mol. The largest absolute Gasteiger partial charge is 0.478 e. The Morgan fingerprint density at radius 1 is 1.04 bits per heavy atom. The van der Waals surface area contributed by atoms with Gasteiger partial charge < -0.3 is 10.1 Å². The van der Waals surface area contributed by atoms with Crippen molar-refractivity contribution in [2.45, 2.75) is 12.5 Å². The Kier molecular flexibility index (Phi) is 3.33. The first kappa shape index (κ1) is 15.7. The van der Waals surface area contributed by atoms with Crippen molar-refractivity contribution in [2.24, 2.45) is 0 Å².